The van der Waals surface area contributed by atoms with Crippen molar-refractivity contribution in [1.82, 2.24) is 15.1 Å². The monoisotopic (exact) mass is 340 g/mol. The van der Waals surface area contributed by atoms with Crippen LogP contribution in [0.2, 0.25) is 0 Å². The van der Waals surface area contributed by atoms with Crippen molar-refractivity contribution in [1.29, 1.82) is 0 Å². The quantitative estimate of drug-likeness (QED) is 0.902. The van der Waals surface area contributed by atoms with E-state index in [1.807, 2.05) is 23.1 Å². The third kappa shape index (κ3) is 3.13. The molecule has 2 aliphatic rings. The molecule has 2 aromatic rings. The maximum Gasteiger partial charge on any atom is 0.228 e. The molecule has 2 N–H and O–H groups in total. The molecule has 2 fully saturated rings. The Balaban J connectivity index is 1.52. The van der Waals surface area contributed by atoms with E-state index in [9.17, 15) is 9.59 Å². The number of aromatic nitrogens is 2. The molecule has 1 aromatic heterocycles. The molecule has 2 atom stereocenters. The number of hydrogen-bond acceptors (Lipinski definition) is 3. The van der Waals surface area contributed by atoms with Crippen molar-refractivity contribution in [3.05, 3.63) is 24.4 Å². The molecule has 4 rings (SSSR count). The van der Waals surface area contributed by atoms with Gasteiger partial charge >= 0.3 is 0 Å². The number of aromatic amines is 1. The predicted molar refractivity (Wildman–Crippen MR) is 96.0 cm³/mol. The maximum atomic E-state index is 12.9. The molecule has 6 nitrogen and oxygen atoms in total. The third-order valence-corrected chi connectivity index (χ3v) is 5.57. The molecule has 0 unspecified atom stereocenters. The summed E-state index contributed by atoms with van der Waals surface area (Å²) in [5.74, 6) is -0.274. The van der Waals surface area contributed by atoms with Crippen LogP contribution >= 0.6 is 0 Å². The molecule has 1 saturated carbocycles. The summed E-state index contributed by atoms with van der Waals surface area (Å²) in [6, 6.07) is 5.73. The second kappa shape index (κ2) is 6.86. The minimum atomic E-state index is -0.236. The van der Waals surface area contributed by atoms with Gasteiger partial charge in [0.05, 0.1) is 17.4 Å². The van der Waals surface area contributed by atoms with E-state index in [0.29, 0.717) is 0 Å². The fraction of sp³-hybridized carbons (Fsp3) is 0.526. The number of carbonyl (C=O) groups excluding carboxylic acids is 2. The number of nitrogens with one attached hydrogen (secondary N) is 2. The molecule has 132 valence electrons. The van der Waals surface area contributed by atoms with Gasteiger partial charge in [-0.2, -0.15) is 5.10 Å². The average molecular weight is 340 g/mol. The molecule has 0 bridgehead atoms. The normalized spacial score (nSPS) is 23.8. The first kappa shape index (κ1) is 16.1. The lowest BCUT2D eigenvalue weighted by Crippen LogP contribution is -2.42. The van der Waals surface area contributed by atoms with Gasteiger partial charge in [0.2, 0.25) is 11.8 Å². The van der Waals surface area contributed by atoms with Gasteiger partial charge < -0.3 is 10.2 Å². The molecule has 0 spiro atoms. The molecule has 1 aliphatic carbocycles. The first-order chi connectivity index (χ1) is 12.2. The summed E-state index contributed by atoms with van der Waals surface area (Å²) in [6.07, 6.45) is 7.55. The van der Waals surface area contributed by atoms with Gasteiger partial charge in [-0.3, -0.25) is 14.7 Å². The van der Waals surface area contributed by atoms with Crippen LogP contribution in [0.4, 0.5) is 5.69 Å². The number of fused-ring (bicyclic) bond motifs is 1. The molecular weight excluding hydrogens is 316 g/mol. The van der Waals surface area contributed by atoms with E-state index >= 15 is 0 Å². The summed E-state index contributed by atoms with van der Waals surface area (Å²) in [4.78, 5) is 27.8. The van der Waals surface area contributed by atoms with Gasteiger partial charge in [-0.15, -0.1) is 0 Å². The van der Waals surface area contributed by atoms with Crippen LogP contribution in [-0.4, -0.2) is 40.0 Å². The van der Waals surface area contributed by atoms with Crippen LogP contribution in [0.15, 0.2) is 24.4 Å². The summed E-state index contributed by atoms with van der Waals surface area (Å²) in [5, 5.41) is 11.0. The highest BCUT2D eigenvalue weighted by molar-refractivity contribution is 6.02. The molecule has 1 aliphatic heterocycles. The van der Waals surface area contributed by atoms with E-state index in [1.165, 1.54) is 0 Å². The highest BCUT2D eigenvalue weighted by atomic mass is 16.2. The number of likely N-dealkylation sites (tertiary alicyclic amines) is 1. The van der Waals surface area contributed by atoms with Crippen LogP contribution in [-0.2, 0) is 9.59 Å². The number of nitrogens with zero attached hydrogens (tertiary/aromatic N) is 2. The molecule has 1 saturated heterocycles. The smallest absolute Gasteiger partial charge is 0.228 e. The highest BCUT2D eigenvalue weighted by Gasteiger charge is 2.38. The number of rotatable bonds is 3. The van der Waals surface area contributed by atoms with Crippen LogP contribution in [0.3, 0.4) is 0 Å². The summed E-state index contributed by atoms with van der Waals surface area (Å²) in [6.45, 7) is 1.69. The zero-order valence-electron chi connectivity index (χ0n) is 14.3. The molecule has 2 amide bonds. The zero-order chi connectivity index (χ0) is 17.2. The van der Waals surface area contributed by atoms with Gasteiger partial charge in [0.25, 0.3) is 0 Å². The number of benzene rings is 1. The molecule has 1 aromatic carbocycles. The number of para-hydroxylation sites is 1. The summed E-state index contributed by atoms with van der Waals surface area (Å²) in [7, 11) is 0. The Morgan fingerprint density at radius 2 is 1.84 bits per heavy atom. The van der Waals surface area contributed by atoms with Gasteiger partial charge in [-0.25, -0.2) is 0 Å². The van der Waals surface area contributed by atoms with E-state index in [2.05, 4.69) is 15.5 Å². The largest absolute Gasteiger partial charge is 0.342 e. The predicted octanol–water partition coefficient (Wildman–Crippen LogP) is 2.93. The number of hydrogen-bond donors (Lipinski definition) is 2. The Morgan fingerprint density at radius 1 is 1.08 bits per heavy atom. The number of anilines is 1. The molecule has 2 heterocycles. The third-order valence-electron chi connectivity index (χ3n) is 5.57. The van der Waals surface area contributed by atoms with Gasteiger partial charge in [-0.1, -0.05) is 25.0 Å². The lowest BCUT2D eigenvalue weighted by Gasteiger charge is -2.32. The van der Waals surface area contributed by atoms with Crippen molar-refractivity contribution in [2.45, 2.75) is 38.5 Å². The molecule has 25 heavy (non-hydrogen) atoms. The van der Waals surface area contributed by atoms with E-state index < -0.39 is 0 Å². The van der Waals surface area contributed by atoms with Gasteiger partial charge in [0.15, 0.2) is 0 Å². The lowest BCUT2D eigenvalue weighted by atomic mass is 9.77. The van der Waals surface area contributed by atoms with Crippen molar-refractivity contribution in [3.63, 3.8) is 0 Å². The Bertz CT molecular complexity index is 779. The second-order valence-corrected chi connectivity index (χ2v) is 7.16. The van der Waals surface area contributed by atoms with Gasteiger partial charge in [0, 0.05) is 30.3 Å². The fourth-order valence-electron chi connectivity index (χ4n) is 4.21. The van der Waals surface area contributed by atoms with Crippen LogP contribution < -0.4 is 5.32 Å². The van der Waals surface area contributed by atoms with Crippen LogP contribution in [0.5, 0.6) is 0 Å². The average Bonchev–Trinajstić information content (AvgIpc) is 3.33. The first-order valence-electron chi connectivity index (χ1n) is 9.26. The van der Waals surface area contributed by atoms with E-state index in [1.54, 1.807) is 6.20 Å². The summed E-state index contributed by atoms with van der Waals surface area (Å²) >= 11 is 0. The highest BCUT2D eigenvalue weighted by Crippen LogP contribution is 2.34. The van der Waals surface area contributed by atoms with Crippen LogP contribution in [0.1, 0.15) is 38.5 Å². The number of carbonyl (C=O) groups is 2. The Morgan fingerprint density at radius 3 is 2.64 bits per heavy atom. The number of H-pyrrole nitrogens is 1. The fourth-order valence-corrected chi connectivity index (χ4v) is 4.21. The van der Waals surface area contributed by atoms with Crippen molar-refractivity contribution < 1.29 is 9.59 Å². The minimum absolute atomic E-state index is 0.0423. The summed E-state index contributed by atoms with van der Waals surface area (Å²) < 4.78 is 0. The van der Waals surface area contributed by atoms with Gasteiger partial charge in [-0.05, 0) is 31.7 Å². The van der Waals surface area contributed by atoms with Crippen LogP contribution in [0, 0.1) is 11.8 Å². The first-order valence-corrected chi connectivity index (χ1v) is 9.26. The molecular formula is C19H24N4O2. The second-order valence-electron chi connectivity index (χ2n) is 7.16. The molecule has 0 radical (unpaired) electrons. The topological polar surface area (TPSA) is 78.1 Å². The Kier molecular flexibility index (Phi) is 4.42. The Hall–Kier alpha value is -2.37. The number of amides is 2. The van der Waals surface area contributed by atoms with Crippen LogP contribution in [0.25, 0.3) is 10.9 Å². The Labute approximate surface area is 147 Å². The SMILES string of the molecule is O=C(Nc1cccc2cn[nH]c12)[C@H]1CCCC[C@H]1C(=O)N1CCCC1. The van der Waals surface area contributed by atoms with E-state index in [0.717, 1.165) is 68.2 Å². The van der Waals surface area contributed by atoms with Crippen molar-refractivity contribution in [2.24, 2.45) is 11.8 Å². The molecule has 6 heteroatoms. The van der Waals surface area contributed by atoms with Crippen molar-refractivity contribution in [2.75, 3.05) is 18.4 Å². The maximum absolute atomic E-state index is 12.9. The van der Waals surface area contributed by atoms with Crippen molar-refractivity contribution in [3.8, 4) is 0 Å². The van der Waals surface area contributed by atoms with E-state index in [-0.39, 0.29) is 23.7 Å². The minimum Gasteiger partial charge on any atom is -0.342 e. The lowest BCUT2D eigenvalue weighted by molar-refractivity contribution is -0.141. The van der Waals surface area contributed by atoms with Crippen molar-refractivity contribution >= 4 is 28.4 Å². The van der Waals surface area contributed by atoms with E-state index in [4.69, 9.17) is 0 Å². The zero-order valence-corrected chi connectivity index (χ0v) is 14.3. The standard InChI is InChI=1S/C19H24N4O2/c24-18(21-16-9-5-6-13-12-20-22-17(13)16)14-7-1-2-8-15(14)19(25)23-10-3-4-11-23/h5-6,9,12,14-15H,1-4,7-8,10-11H2,(H,20,22)(H,21,24)/t14-,15+/m0/s1. The van der Waals surface area contributed by atoms with Gasteiger partial charge in [0.1, 0.15) is 0 Å². The summed E-state index contributed by atoms with van der Waals surface area (Å²) in [5.41, 5.74) is 1.56.